The van der Waals surface area contributed by atoms with Crippen molar-refractivity contribution in [3.63, 3.8) is 0 Å². The lowest BCUT2D eigenvalue weighted by molar-refractivity contribution is 0.108. The normalized spacial score (nSPS) is 27.7. The van der Waals surface area contributed by atoms with Gasteiger partial charge in [0.15, 0.2) is 0 Å². The lowest BCUT2D eigenvalue weighted by Gasteiger charge is -2.38. The van der Waals surface area contributed by atoms with Crippen LogP contribution < -0.4 is 5.73 Å². The third kappa shape index (κ3) is 4.76. The van der Waals surface area contributed by atoms with E-state index in [0.717, 1.165) is 18.5 Å². The molecule has 0 bridgehead atoms. The van der Waals surface area contributed by atoms with Crippen LogP contribution in [0.15, 0.2) is 0 Å². The van der Waals surface area contributed by atoms with E-state index in [1.807, 2.05) is 0 Å². The number of piperidine rings is 1. The Bertz CT molecular complexity index is 191. The number of nitrogens with zero attached hydrogens (tertiary/aromatic N) is 1. The number of halogens is 1. The number of nitrogens with two attached hydrogens (primary N) is 1. The number of hydrogen-bond donors (Lipinski definition) is 1. The molecule has 1 aliphatic carbocycles. The SMILES string of the molecule is Cl.NCCC1CCCCN1CC1CCCCC1. The Morgan fingerprint density at radius 2 is 1.65 bits per heavy atom. The van der Waals surface area contributed by atoms with E-state index in [0.29, 0.717) is 0 Å². The molecule has 0 aromatic carbocycles. The second-order valence-corrected chi connectivity index (χ2v) is 5.73. The predicted octanol–water partition coefficient (Wildman–Crippen LogP) is 3.19. The first-order valence-corrected chi connectivity index (χ1v) is 7.34. The Hall–Kier alpha value is 0.210. The highest BCUT2D eigenvalue weighted by molar-refractivity contribution is 5.85. The van der Waals surface area contributed by atoms with Crippen molar-refractivity contribution in [2.24, 2.45) is 11.7 Å². The van der Waals surface area contributed by atoms with Gasteiger partial charge in [-0.2, -0.15) is 0 Å². The minimum absolute atomic E-state index is 0. The van der Waals surface area contributed by atoms with Gasteiger partial charge in [0.1, 0.15) is 0 Å². The van der Waals surface area contributed by atoms with Crippen molar-refractivity contribution < 1.29 is 0 Å². The molecule has 1 heterocycles. The highest BCUT2D eigenvalue weighted by atomic mass is 35.5. The summed E-state index contributed by atoms with van der Waals surface area (Å²) in [4.78, 5) is 2.76. The number of hydrogen-bond acceptors (Lipinski definition) is 2. The first-order valence-electron chi connectivity index (χ1n) is 7.34. The maximum atomic E-state index is 5.73. The molecule has 2 nitrogen and oxygen atoms in total. The molecule has 17 heavy (non-hydrogen) atoms. The summed E-state index contributed by atoms with van der Waals surface area (Å²) in [5.41, 5.74) is 5.73. The van der Waals surface area contributed by atoms with Gasteiger partial charge in [0, 0.05) is 12.6 Å². The van der Waals surface area contributed by atoms with Crippen LogP contribution in [0.25, 0.3) is 0 Å². The van der Waals surface area contributed by atoms with E-state index < -0.39 is 0 Å². The van der Waals surface area contributed by atoms with Crippen LogP contribution in [0.4, 0.5) is 0 Å². The van der Waals surface area contributed by atoms with Crippen LogP contribution in [0.5, 0.6) is 0 Å². The molecule has 0 aromatic rings. The molecule has 0 amide bonds. The van der Waals surface area contributed by atoms with Gasteiger partial charge in [0.05, 0.1) is 0 Å². The summed E-state index contributed by atoms with van der Waals surface area (Å²) in [6.45, 7) is 3.57. The van der Waals surface area contributed by atoms with Crippen LogP contribution in [-0.4, -0.2) is 30.6 Å². The molecule has 2 N–H and O–H groups in total. The molecule has 1 saturated heterocycles. The molecule has 0 aromatic heterocycles. The smallest absolute Gasteiger partial charge is 0.0107 e. The van der Waals surface area contributed by atoms with Gasteiger partial charge < -0.3 is 10.6 Å². The van der Waals surface area contributed by atoms with E-state index in [2.05, 4.69) is 4.90 Å². The molecule has 1 unspecified atom stereocenters. The van der Waals surface area contributed by atoms with E-state index in [1.165, 1.54) is 70.9 Å². The van der Waals surface area contributed by atoms with Gasteiger partial charge in [-0.1, -0.05) is 25.7 Å². The number of rotatable bonds is 4. The standard InChI is InChI=1S/C14H28N2.ClH/c15-10-9-14-8-4-5-11-16(14)12-13-6-2-1-3-7-13;/h13-14H,1-12,15H2;1H. The molecule has 3 heteroatoms. The van der Waals surface area contributed by atoms with Crippen molar-refractivity contribution in [1.82, 2.24) is 4.90 Å². The Morgan fingerprint density at radius 1 is 0.941 bits per heavy atom. The van der Waals surface area contributed by atoms with Crippen LogP contribution >= 0.6 is 12.4 Å². The fourth-order valence-electron chi connectivity index (χ4n) is 3.52. The molecular formula is C14H29ClN2. The molecule has 2 fully saturated rings. The maximum absolute atomic E-state index is 5.73. The Kier molecular flexibility index (Phi) is 7.49. The van der Waals surface area contributed by atoms with Crippen molar-refractivity contribution in [2.75, 3.05) is 19.6 Å². The van der Waals surface area contributed by atoms with Gasteiger partial charge in [-0.25, -0.2) is 0 Å². The van der Waals surface area contributed by atoms with E-state index in [9.17, 15) is 0 Å². The second-order valence-electron chi connectivity index (χ2n) is 5.73. The van der Waals surface area contributed by atoms with Crippen molar-refractivity contribution in [3.05, 3.63) is 0 Å². The fraction of sp³-hybridized carbons (Fsp3) is 1.00. The molecule has 1 aliphatic heterocycles. The fourth-order valence-corrected chi connectivity index (χ4v) is 3.52. The summed E-state index contributed by atoms with van der Waals surface area (Å²) in [7, 11) is 0. The van der Waals surface area contributed by atoms with E-state index >= 15 is 0 Å². The van der Waals surface area contributed by atoms with Crippen LogP contribution in [-0.2, 0) is 0 Å². The minimum atomic E-state index is 0. The Labute approximate surface area is 113 Å². The van der Waals surface area contributed by atoms with Crippen LogP contribution in [0.1, 0.15) is 57.8 Å². The maximum Gasteiger partial charge on any atom is 0.0107 e. The lowest BCUT2D eigenvalue weighted by Crippen LogP contribution is -2.43. The molecule has 1 saturated carbocycles. The Balaban J connectivity index is 0.00000144. The summed E-state index contributed by atoms with van der Waals surface area (Å²) in [6.07, 6.45) is 12.8. The molecule has 0 radical (unpaired) electrons. The summed E-state index contributed by atoms with van der Waals surface area (Å²) in [5.74, 6) is 0.993. The summed E-state index contributed by atoms with van der Waals surface area (Å²) in [6, 6.07) is 0.806. The van der Waals surface area contributed by atoms with E-state index in [-0.39, 0.29) is 12.4 Å². The van der Waals surface area contributed by atoms with Crippen molar-refractivity contribution >= 4 is 12.4 Å². The molecule has 2 rings (SSSR count). The first-order chi connectivity index (χ1) is 7.90. The van der Waals surface area contributed by atoms with E-state index in [4.69, 9.17) is 5.73 Å². The topological polar surface area (TPSA) is 29.3 Å². The zero-order valence-electron chi connectivity index (χ0n) is 11.1. The van der Waals surface area contributed by atoms with Gasteiger partial charge >= 0.3 is 0 Å². The molecular weight excluding hydrogens is 232 g/mol. The molecule has 2 aliphatic rings. The zero-order chi connectivity index (χ0) is 11.2. The van der Waals surface area contributed by atoms with Gasteiger partial charge in [-0.3, -0.25) is 0 Å². The van der Waals surface area contributed by atoms with Gasteiger partial charge in [0.2, 0.25) is 0 Å². The zero-order valence-corrected chi connectivity index (χ0v) is 11.9. The molecule has 102 valence electrons. The van der Waals surface area contributed by atoms with E-state index in [1.54, 1.807) is 0 Å². The lowest BCUT2D eigenvalue weighted by atomic mass is 9.87. The average molecular weight is 261 g/mol. The predicted molar refractivity (Wildman–Crippen MR) is 76.7 cm³/mol. The van der Waals surface area contributed by atoms with Gasteiger partial charge in [-0.15, -0.1) is 12.4 Å². The first kappa shape index (κ1) is 15.3. The van der Waals surface area contributed by atoms with Crippen LogP contribution in [0, 0.1) is 5.92 Å². The molecule has 0 spiro atoms. The summed E-state index contributed by atoms with van der Waals surface area (Å²) in [5, 5.41) is 0. The van der Waals surface area contributed by atoms with Crippen LogP contribution in [0.3, 0.4) is 0 Å². The van der Waals surface area contributed by atoms with Crippen LogP contribution in [0.2, 0.25) is 0 Å². The van der Waals surface area contributed by atoms with Crippen molar-refractivity contribution in [3.8, 4) is 0 Å². The molecule has 1 atom stereocenters. The average Bonchev–Trinajstić information content (AvgIpc) is 2.33. The van der Waals surface area contributed by atoms with Gasteiger partial charge in [0.25, 0.3) is 0 Å². The van der Waals surface area contributed by atoms with Crippen molar-refractivity contribution in [2.45, 2.75) is 63.8 Å². The summed E-state index contributed by atoms with van der Waals surface area (Å²) >= 11 is 0. The highest BCUT2D eigenvalue weighted by Crippen LogP contribution is 2.27. The third-order valence-electron chi connectivity index (χ3n) is 4.47. The van der Waals surface area contributed by atoms with Crippen molar-refractivity contribution in [1.29, 1.82) is 0 Å². The van der Waals surface area contributed by atoms with Gasteiger partial charge in [-0.05, 0) is 51.1 Å². The Morgan fingerprint density at radius 3 is 2.35 bits per heavy atom. The second kappa shape index (κ2) is 8.34. The number of likely N-dealkylation sites (tertiary alicyclic amines) is 1. The third-order valence-corrected chi connectivity index (χ3v) is 4.47. The monoisotopic (exact) mass is 260 g/mol. The summed E-state index contributed by atoms with van der Waals surface area (Å²) < 4.78 is 0. The quantitative estimate of drug-likeness (QED) is 0.841. The minimum Gasteiger partial charge on any atom is -0.330 e. The largest absolute Gasteiger partial charge is 0.330 e. The highest BCUT2D eigenvalue weighted by Gasteiger charge is 2.24.